The summed E-state index contributed by atoms with van der Waals surface area (Å²) in [5, 5.41) is 8.99. The SMILES string of the molecule is NCc1cc(C(=O)O)n2c1CCCC2. The van der Waals surface area contributed by atoms with Crippen LogP contribution in [0.4, 0.5) is 0 Å². The average molecular weight is 194 g/mol. The molecule has 14 heavy (non-hydrogen) atoms. The summed E-state index contributed by atoms with van der Waals surface area (Å²) >= 11 is 0. The Labute approximate surface area is 82.3 Å². The van der Waals surface area contributed by atoms with Crippen molar-refractivity contribution >= 4 is 5.97 Å². The van der Waals surface area contributed by atoms with Crippen molar-refractivity contribution in [2.24, 2.45) is 5.73 Å². The number of aromatic nitrogens is 1. The second kappa shape index (κ2) is 3.46. The zero-order valence-corrected chi connectivity index (χ0v) is 7.99. The van der Waals surface area contributed by atoms with Crippen molar-refractivity contribution in [2.75, 3.05) is 0 Å². The number of carboxylic acids is 1. The molecular weight excluding hydrogens is 180 g/mol. The molecule has 0 amide bonds. The Kier molecular flexibility index (Phi) is 2.29. The molecule has 1 aromatic heterocycles. The van der Waals surface area contributed by atoms with Gasteiger partial charge in [0.1, 0.15) is 5.69 Å². The van der Waals surface area contributed by atoms with E-state index < -0.39 is 5.97 Å². The summed E-state index contributed by atoms with van der Waals surface area (Å²) in [6.07, 6.45) is 3.15. The van der Waals surface area contributed by atoms with Crippen LogP contribution < -0.4 is 5.73 Å². The first kappa shape index (κ1) is 9.27. The molecule has 2 rings (SSSR count). The third-order valence-corrected chi connectivity index (χ3v) is 2.78. The molecule has 0 fully saturated rings. The number of hydrogen-bond acceptors (Lipinski definition) is 2. The van der Waals surface area contributed by atoms with E-state index in [1.807, 2.05) is 4.57 Å². The summed E-state index contributed by atoms with van der Waals surface area (Å²) in [6.45, 7) is 1.25. The highest BCUT2D eigenvalue weighted by Crippen LogP contribution is 2.23. The Hall–Kier alpha value is -1.29. The van der Waals surface area contributed by atoms with Crippen molar-refractivity contribution in [2.45, 2.75) is 32.4 Å². The highest BCUT2D eigenvalue weighted by molar-refractivity contribution is 5.86. The minimum absolute atomic E-state index is 0.389. The predicted molar refractivity (Wildman–Crippen MR) is 52.2 cm³/mol. The summed E-state index contributed by atoms with van der Waals surface area (Å²) < 4.78 is 1.90. The summed E-state index contributed by atoms with van der Waals surface area (Å²) in [5.41, 5.74) is 8.08. The van der Waals surface area contributed by atoms with Gasteiger partial charge in [0.25, 0.3) is 0 Å². The van der Waals surface area contributed by atoms with Crippen LogP contribution in [0.1, 0.15) is 34.6 Å². The Morgan fingerprint density at radius 1 is 1.57 bits per heavy atom. The van der Waals surface area contributed by atoms with Crippen LogP contribution in [-0.2, 0) is 19.5 Å². The molecule has 0 bridgehead atoms. The number of fused-ring (bicyclic) bond motifs is 1. The van der Waals surface area contributed by atoms with Gasteiger partial charge < -0.3 is 15.4 Å². The number of hydrogen-bond donors (Lipinski definition) is 2. The van der Waals surface area contributed by atoms with Crippen molar-refractivity contribution in [1.82, 2.24) is 4.57 Å². The maximum absolute atomic E-state index is 10.9. The lowest BCUT2D eigenvalue weighted by molar-refractivity contribution is 0.0684. The molecule has 0 unspecified atom stereocenters. The Morgan fingerprint density at radius 2 is 2.36 bits per heavy atom. The summed E-state index contributed by atoms with van der Waals surface area (Å²) in [7, 11) is 0. The lowest BCUT2D eigenvalue weighted by Crippen LogP contribution is -2.16. The molecule has 1 aromatic rings. The fourth-order valence-electron chi connectivity index (χ4n) is 2.11. The molecule has 0 radical (unpaired) electrons. The van der Waals surface area contributed by atoms with E-state index in [1.165, 1.54) is 0 Å². The Bertz CT molecular complexity index is 368. The molecule has 4 nitrogen and oxygen atoms in total. The van der Waals surface area contributed by atoms with Crippen molar-refractivity contribution < 1.29 is 9.90 Å². The van der Waals surface area contributed by atoms with Gasteiger partial charge in [-0.25, -0.2) is 4.79 Å². The molecule has 1 aliphatic rings. The molecule has 76 valence electrons. The monoisotopic (exact) mass is 194 g/mol. The smallest absolute Gasteiger partial charge is 0.352 e. The van der Waals surface area contributed by atoms with Gasteiger partial charge in [-0.2, -0.15) is 0 Å². The Balaban J connectivity index is 2.52. The second-order valence-electron chi connectivity index (χ2n) is 3.62. The predicted octanol–water partition coefficient (Wildman–Crippen LogP) is 0.981. The molecule has 0 aliphatic carbocycles. The molecule has 1 aliphatic heterocycles. The first-order valence-electron chi connectivity index (χ1n) is 4.88. The number of nitrogens with zero attached hydrogens (tertiary/aromatic N) is 1. The van der Waals surface area contributed by atoms with E-state index in [1.54, 1.807) is 6.07 Å². The third-order valence-electron chi connectivity index (χ3n) is 2.78. The van der Waals surface area contributed by atoms with Crippen LogP contribution in [0.25, 0.3) is 0 Å². The van der Waals surface area contributed by atoms with Crippen LogP contribution in [-0.4, -0.2) is 15.6 Å². The van der Waals surface area contributed by atoms with Crippen LogP contribution in [0.5, 0.6) is 0 Å². The summed E-state index contributed by atoms with van der Waals surface area (Å²) in [5.74, 6) is -0.854. The zero-order chi connectivity index (χ0) is 10.1. The maximum Gasteiger partial charge on any atom is 0.352 e. The average Bonchev–Trinajstić information content (AvgIpc) is 2.56. The van der Waals surface area contributed by atoms with Gasteiger partial charge in [0.2, 0.25) is 0 Å². The maximum atomic E-state index is 10.9. The van der Waals surface area contributed by atoms with Gasteiger partial charge >= 0.3 is 5.97 Å². The Morgan fingerprint density at radius 3 is 3.00 bits per heavy atom. The van der Waals surface area contributed by atoms with E-state index in [4.69, 9.17) is 10.8 Å². The number of carbonyl (C=O) groups is 1. The van der Waals surface area contributed by atoms with Gasteiger partial charge in [0, 0.05) is 18.8 Å². The van der Waals surface area contributed by atoms with E-state index in [0.29, 0.717) is 12.2 Å². The largest absolute Gasteiger partial charge is 0.477 e. The molecule has 0 saturated carbocycles. The van der Waals surface area contributed by atoms with Crippen LogP contribution in [0, 0.1) is 0 Å². The molecular formula is C10H14N2O2. The lowest BCUT2D eigenvalue weighted by Gasteiger charge is -2.17. The standard InChI is InChI=1S/C10H14N2O2/c11-6-7-5-9(10(13)14)12-4-2-1-3-8(7)12/h5H,1-4,6,11H2,(H,13,14). The van der Waals surface area contributed by atoms with Crippen molar-refractivity contribution in [3.63, 3.8) is 0 Å². The van der Waals surface area contributed by atoms with Crippen molar-refractivity contribution in [1.29, 1.82) is 0 Å². The van der Waals surface area contributed by atoms with Gasteiger partial charge in [-0.3, -0.25) is 0 Å². The summed E-state index contributed by atoms with van der Waals surface area (Å²) in [4.78, 5) is 10.9. The van der Waals surface area contributed by atoms with E-state index in [2.05, 4.69) is 0 Å². The molecule has 0 spiro atoms. The molecule has 2 heterocycles. The first-order chi connectivity index (χ1) is 6.74. The normalized spacial score (nSPS) is 15.2. The quantitative estimate of drug-likeness (QED) is 0.737. The topological polar surface area (TPSA) is 68.2 Å². The molecule has 4 heteroatoms. The minimum Gasteiger partial charge on any atom is -0.477 e. The molecule has 0 aromatic carbocycles. The van der Waals surface area contributed by atoms with Gasteiger partial charge in [-0.05, 0) is 30.9 Å². The van der Waals surface area contributed by atoms with E-state index in [9.17, 15) is 4.79 Å². The van der Waals surface area contributed by atoms with Crippen molar-refractivity contribution in [3.05, 3.63) is 23.0 Å². The summed E-state index contributed by atoms with van der Waals surface area (Å²) in [6, 6.07) is 1.71. The fraction of sp³-hybridized carbons (Fsp3) is 0.500. The van der Waals surface area contributed by atoms with Crippen LogP contribution in [0.15, 0.2) is 6.07 Å². The van der Waals surface area contributed by atoms with Crippen molar-refractivity contribution in [3.8, 4) is 0 Å². The number of aromatic carboxylic acids is 1. The van der Waals surface area contributed by atoms with Crippen LogP contribution in [0.3, 0.4) is 0 Å². The lowest BCUT2D eigenvalue weighted by atomic mass is 10.1. The third kappa shape index (κ3) is 1.32. The number of rotatable bonds is 2. The second-order valence-corrected chi connectivity index (χ2v) is 3.62. The molecule has 0 atom stereocenters. The van der Waals surface area contributed by atoms with E-state index >= 15 is 0 Å². The number of carboxylic acid groups (broad SMARTS) is 1. The zero-order valence-electron chi connectivity index (χ0n) is 7.99. The highest BCUT2D eigenvalue weighted by atomic mass is 16.4. The first-order valence-corrected chi connectivity index (χ1v) is 4.88. The van der Waals surface area contributed by atoms with Gasteiger partial charge in [-0.15, -0.1) is 0 Å². The number of nitrogens with two attached hydrogens (primary N) is 1. The fourth-order valence-corrected chi connectivity index (χ4v) is 2.11. The van der Waals surface area contributed by atoms with E-state index in [0.717, 1.165) is 37.1 Å². The van der Waals surface area contributed by atoms with E-state index in [-0.39, 0.29) is 0 Å². The van der Waals surface area contributed by atoms with Gasteiger partial charge in [-0.1, -0.05) is 0 Å². The molecule has 3 N–H and O–H groups in total. The van der Waals surface area contributed by atoms with Gasteiger partial charge in [0.15, 0.2) is 0 Å². The molecule has 0 saturated heterocycles. The minimum atomic E-state index is -0.854. The van der Waals surface area contributed by atoms with Crippen LogP contribution in [0.2, 0.25) is 0 Å². The van der Waals surface area contributed by atoms with Gasteiger partial charge in [0.05, 0.1) is 0 Å². The highest BCUT2D eigenvalue weighted by Gasteiger charge is 2.20. The van der Waals surface area contributed by atoms with Crippen LogP contribution >= 0.6 is 0 Å².